The molecule has 1 saturated carbocycles. The van der Waals surface area contributed by atoms with Crippen LogP contribution in [0, 0.1) is 5.92 Å². The average Bonchev–Trinajstić information content (AvgIpc) is 2.62. The number of nitrogens with one attached hydrogen (secondary N) is 1. The molecule has 23 heavy (non-hydrogen) atoms. The number of urea groups is 1. The Labute approximate surface area is 138 Å². The minimum absolute atomic E-state index is 0.0953. The number of aromatic nitrogens is 1. The van der Waals surface area contributed by atoms with Gasteiger partial charge in [-0.15, -0.1) is 0 Å². The third-order valence-electron chi connectivity index (χ3n) is 4.95. The van der Waals surface area contributed by atoms with Crippen molar-refractivity contribution in [3.63, 3.8) is 0 Å². The third-order valence-corrected chi connectivity index (χ3v) is 4.95. The summed E-state index contributed by atoms with van der Waals surface area (Å²) in [4.78, 5) is 18.2. The normalized spacial score (nSPS) is 20.3. The summed E-state index contributed by atoms with van der Waals surface area (Å²) < 4.78 is 5.94. The van der Waals surface area contributed by atoms with Crippen LogP contribution in [0.25, 0.3) is 0 Å². The summed E-state index contributed by atoms with van der Waals surface area (Å²) in [5.74, 6) is 1.54. The molecule has 1 aliphatic heterocycles. The maximum atomic E-state index is 12.3. The highest BCUT2D eigenvalue weighted by molar-refractivity contribution is 5.74. The minimum atomic E-state index is 0.0953. The van der Waals surface area contributed by atoms with Crippen molar-refractivity contribution in [3.8, 4) is 5.75 Å². The molecule has 1 aliphatic carbocycles. The number of hydrogen-bond acceptors (Lipinski definition) is 3. The SMILES string of the molecule is O=C(NCC1CCCCC1)N1CCC(Oc2ccncc2)CC1. The summed E-state index contributed by atoms with van der Waals surface area (Å²) in [6.45, 7) is 2.38. The second-order valence-corrected chi connectivity index (χ2v) is 6.68. The van der Waals surface area contributed by atoms with E-state index < -0.39 is 0 Å². The molecule has 2 aliphatic rings. The second-order valence-electron chi connectivity index (χ2n) is 6.68. The van der Waals surface area contributed by atoms with Gasteiger partial charge in [0.05, 0.1) is 0 Å². The number of carbonyl (C=O) groups excluding carboxylic acids is 1. The van der Waals surface area contributed by atoms with Gasteiger partial charge in [0, 0.05) is 44.9 Å². The first-order chi connectivity index (χ1) is 11.3. The van der Waals surface area contributed by atoms with E-state index in [-0.39, 0.29) is 12.1 Å². The molecule has 0 atom stereocenters. The van der Waals surface area contributed by atoms with Crippen molar-refractivity contribution in [2.75, 3.05) is 19.6 Å². The van der Waals surface area contributed by atoms with E-state index in [2.05, 4.69) is 10.3 Å². The first kappa shape index (κ1) is 16.1. The first-order valence-corrected chi connectivity index (χ1v) is 8.91. The molecule has 2 fully saturated rings. The van der Waals surface area contributed by atoms with Crippen LogP contribution in [0.15, 0.2) is 24.5 Å². The van der Waals surface area contributed by atoms with Gasteiger partial charge < -0.3 is 15.0 Å². The summed E-state index contributed by atoms with van der Waals surface area (Å²) in [5, 5.41) is 3.12. The zero-order valence-corrected chi connectivity index (χ0v) is 13.7. The van der Waals surface area contributed by atoms with E-state index >= 15 is 0 Å². The zero-order valence-electron chi connectivity index (χ0n) is 13.7. The van der Waals surface area contributed by atoms with Crippen molar-refractivity contribution < 1.29 is 9.53 Å². The van der Waals surface area contributed by atoms with Crippen LogP contribution in [0.3, 0.4) is 0 Å². The number of pyridine rings is 1. The molecule has 5 nitrogen and oxygen atoms in total. The number of hydrogen-bond donors (Lipinski definition) is 1. The Hall–Kier alpha value is -1.78. The number of amides is 2. The fourth-order valence-electron chi connectivity index (χ4n) is 3.52. The van der Waals surface area contributed by atoms with Crippen LogP contribution < -0.4 is 10.1 Å². The number of piperidine rings is 1. The van der Waals surface area contributed by atoms with E-state index in [1.165, 1.54) is 32.1 Å². The molecule has 1 aromatic rings. The highest BCUT2D eigenvalue weighted by Gasteiger charge is 2.24. The van der Waals surface area contributed by atoms with Crippen molar-refractivity contribution >= 4 is 6.03 Å². The molecule has 2 amide bonds. The van der Waals surface area contributed by atoms with E-state index in [4.69, 9.17) is 4.74 Å². The molecule has 0 aromatic carbocycles. The average molecular weight is 317 g/mol. The van der Waals surface area contributed by atoms with Crippen molar-refractivity contribution in [1.29, 1.82) is 0 Å². The molecule has 0 radical (unpaired) electrons. The summed E-state index contributed by atoms with van der Waals surface area (Å²) in [6.07, 6.45) is 12.0. The Kier molecular flexibility index (Phi) is 5.72. The number of carbonyl (C=O) groups is 1. The minimum Gasteiger partial charge on any atom is -0.490 e. The standard InChI is InChI=1S/C18H27N3O2/c22-18(20-14-15-4-2-1-3-5-15)21-12-8-17(9-13-21)23-16-6-10-19-11-7-16/h6-7,10-11,15,17H,1-5,8-9,12-14H2,(H,20,22). The van der Waals surface area contributed by atoms with Gasteiger partial charge >= 0.3 is 6.03 Å². The second kappa shape index (κ2) is 8.18. The van der Waals surface area contributed by atoms with E-state index in [1.54, 1.807) is 12.4 Å². The number of ether oxygens (including phenoxy) is 1. The van der Waals surface area contributed by atoms with Gasteiger partial charge in [-0.25, -0.2) is 4.79 Å². The Bertz CT molecular complexity index is 480. The number of nitrogens with zero attached hydrogens (tertiary/aromatic N) is 2. The van der Waals surface area contributed by atoms with E-state index in [9.17, 15) is 4.79 Å². The fourth-order valence-corrected chi connectivity index (χ4v) is 3.52. The Morgan fingerprint density at radius 2 is 1.83 bits per heavy atom. The van der Waals surface area contributed by atoms with Crippen molar-refractivity contribution in [2.45, 2.75) is 51.0 Å². The first-order valence-electron chi connectivity index (χ1n) is 8.91. The van der Waals surface area contributed by atoms with Crippen LogP contribution in [0.4, 0.5) is 4.79 Å². The van der Waals surface area contributed by atoms with Gasteiger partial charge in [0.2, 0.25) is 0 Å². The molecule has 5 heteroatoms. The van der Waals surface area contributed by atoms with Crippen molar-refractivity contribution in [1.82, 2.24) is 15.2 Å². The zero-order chi connectivity index (χ0) is 15.9. The monoisotopic (exact) mass is 317 g/mol. The van der Waals surface area contributed by atoms with Crippen molar-refractivity contribution in [2.24, 2.45) is 5.92 Å². The summed E-state index contributed by atoms with van der Waals surface area (Å²) >= 11 is 0. The van der Waals surface area contributed by atoms with Crippen LogP contribution in [0.5, 0.6) is 5.75 Å². The van der Waals surface area contributed by atoms with Gasteiger partial charge in [-0.1, -0.05) is 19.3 Å². The smallest absolute Gasteiger partial charge is 0.317 e. The Morgan fingerprint density at radius 3 is 2.52 bits per heavy atom. The Balaban J connectivity index is 1.37. The molecule has 2 heterocycles. The molecule has 126 valence electrons. The fraction of sp³-hybridized carbons (Fsp3) is 0.667. The highest BCUT2D eigenvalue weighted by atomic mass is 16.5. The van der Waals surface area contributed by atoms with Gasteiger partial charge in [-0.2, -0.15) is 0 Å². The maximum Gasteiger partial charge on any atom is 0.317 e. The van der Waals surface area contributed by atoms with Gasteiger partial charge in [0.25, 0.3) is 0 Å². The van der Waals surface area contributed by atoms with Gasteiger partial charge in [0.15, 0.2) is 0 Å². The molecule has 1 saturated heterocycles. The van der Waals surface area contributed by atoms with Crippen LogP contribution in [0.1, 0.15) is 44.9 Å². The van der Waals surface area contributed by atoms with Crippen LogP contribution in [-0.2, 0) is 0 Å². The van der Waals surface area contributed by atoms with Crippen LogP contribution >= 0.6 is 0 Å². The van der Waals surface area contributed by atoms with Crippen molar-refractivity contribution in [3.05, 3.63) is 24.5 Å². The molecule has 1 aromatic heterocycles. The van der Waals surface area contributed by atoms with E-state index in [1.807, 2.05) is 17.0 Å². The van der Waals surface area contributed by atoms with Gasteiger partial charge in [0.1, 0.15) is 11.9 Å². The predicted molar refractivity (Wildman–Crippen MR) is 89.4 cm³/mol. The summed E-state index contributed by atoms with van der Waals surface area (Å²) in [7, 11) is 0. The lowest BCUT2D eigenvalue weighted by Crippen LogP contribution is -2.47. The molecule has 1 N–H and O–H groups in total. The molecule has 3 rings (SSSR count). The molecule has 0 bridgehead atoms. The lowest BCUT2D eigenvalue weighted by Gasteiger charge is -2.32. The third kappa shape index (κ3) is 4.85. The van der Waals surface area contributed by atoms with Gasteiger partial charge in [-0.05, 0) is 30.9 Å². The van der Waals surface area contributed by atoms with Crippen LogP contribution in [-0.4, -0.2) is 41.7 Å². The highest BCUT2D eigenvalue weighted by Crippen LogP contribution is 2.23. The quantitative estimate of drug-likeness (QED) is 0.927. The Morgan fingerprint density at radius 1 is 1.13 bits per heavy atom. The largest absolute Gasteiger partial charge is 0.490 e. The molecular weight excluding hydrogens is 290 g/mol. The lowest BCUT2D eigenvalue weighted by atomic mass is 9.89. The van der Waals surface area contributed by atoms with E-state index in [0.717, 1.165) is 38.2 Å². The number of rotatable bonds is 4. The lowest BCUT2D eigenvalue weighted by molar-refractivity contribution is 0.110. The topological polar surface area (TPSA) is 54.5 Å². The van der Waals surface area contributed by atoms with E-state index in [0.29, 0.717) is 5.92 Å². The summed E-state index contributed by atoms with van der Waals surface area (Å²) in [5.41, 5.74) is 0. The maximum absolute atomic E-state index is 12.3. The predicted octanol–water partition coefficient (Wildman–Crippen LogP) is 3.21. The molecule has 0 spiro atoms. The van der Waals surface area contributed by atoms with Crippen LogP contribution in [0.2, 0.25) is 0 Å². The molecular formula is C18H27N3O2. The van der Waals surface area contributed by atoms with Gasteiger partial charge in [-0.3, -0.25) is 4.98 Å². The number of likely N-dealkylation sites (tertiary alicyclic amines) is 1. The summed E-state index contributed by atoms with van der Waals surface area (Å²) in [6, 6.07) is 3.85. The molecule has 0 unspecified atom stereocenters.